The zero-order valence-electron chi connectivity index (χ0n) is 13.6. The Balaban J connectivity index is 1.49. The number of anilines is 1. The summed E-state index contributed by atoms with van der Waals surface area (Å²) >= 11 is 1.33. The monoisotopic (exact) mass is 372 g/mol. The largest absolute Gasteiger partial charge is 0.345 e. The fraction of sp³-hybridized carbons (Fsp3) is 0.176. The number of amides is 4. The van der Waals surface area contributed by atoms with Crippen molar-refractivity contribution in [1.82, 2.24) is 16.2 Å². The molecule has 3 rings (SSSR count). The standard InChI is InChI=1S/C17H16N4O4S/c22-14(20-21-17(25)16(24)19-12-7-8-12)10-3-5-11(6-4-10)18-15(23)13-2-1-9-26-13/h1-6,9,12H,7-8H2,(H,18,23)(H,19,24)(H,20,22)(H,21,25). The molecule has 8 nitrogen and oxygen atoms in total. The molecular weight excluding hydrogens is 356 g/mol. The summed E-state index contributed by atoms with van der Waals surface area (Å²) in [6.07, 6.45) is 1.72. The van der Waals surface area contributed by atoms with E-state index in [1.165, 1.54) is 23.5 Å². The molecule has 2 aromatic rings. The highest BCUT2D eigenvalue weighted by molar-refractivity contribution is 7.12. The molecule has 26 heavy (non-hydrogen) atoms. The zero-order chi connectivity index (χ0) is 18.5. The lowest BCUT2D eigenvalue weighted by atomic mass is 10.2. The van der Waals surface area contributed by atoms with Crippen LogP contribution in [0.3, 0.4) is 0 Å². The van der Waals surface area contributed by atoms with Crippen LogP contribution >= 0.6 is 11.3 Å². The lowest BCUT2D eigenvalue weighted by Crippen LogP contribution is -2.48. The molecule has 0 radical (unpaired) electrons. The van der Waals surface area contributed by atoms with Gasteiger partial charge in [0.15, 0.2) is 0 Å². The highest BCUT2D eigenvalue weighted by Crippen LogP contribution is 2.18. The fourth-order valence-corrected chi connectivity index (χ4v) is 2.65. The highest BCUT2D eigenvalue weighted by atomic mass is 32.1. The van der Waals surface area contributed by atoms with Gasteiger partial charge in [-0.1, -0.05) is 6.07 Å². The predicted octanol–water partition coefficient (Wildman–Crippen LogP) is 1.04. The maximum atomic E-state index is 12.0. The molecule has 0 bridgehead atoms. The summed E-state index contributed by atoms with van der Waals surface area (Å²) in [7, 11) is 0. The first kappa shape index (κ1) is 17.6. The molecule has 1 saturated carbocycles. The molecule has 4 amide bonds. The van der Waals surface area contributed by atoms with Crippen molar-refractivity contribution in [3.05, 3.63) is 52.2 Å². The number of carbonyl (C=O) groups is 4. The van der Waals surface area contributed by atoms with Crippen molar-refractivity contribution >= 4 is 40.7 Å². The Morgan fingerprint density at radius 2 is 1.62 bits per heavy atom. The van der Waals surface area contributed by atoms with Crippen LogP contribution in [0.4, 0.5) is 5.69 Å². The highest BCUT2D eigenvalue weighted by Gasteiger charge is 2.26. The van der Waals surface area contributed by atoms with Crippen LogP contribution in [-0.2, 0) is 9.59 Å². The van der Waals surface area contributed by atoms with Crippen LogP contribution in [0.5, 0.6) is 0 Å². The van der Waals surface area contributed by atoms with Crippen LogP contribution in [0.15, 0.2) is 41.8 Å². The van der Waals surface area contributed by atoms with Gasteiger partial charge >= 0.3 is 11.8 Å². The normalized spacial score (nSPS) is 12.8. The Morgan fingerprint density at radius 3 is 2.23 bits per heavy atom. The van der Waals surface area contributed by atoms with E-state index < -0.39 is 17.7 Å². The lowest BCUT2D eigenvalue weighted by Gasteiger charge is -2.08. The average Bonchev–Trinajstić information content (AvgIpc) is 3.28. The Hall–Kier alpha value is -3.20. The molecule has 1 fully saturated rings. The summed E-state index contributed by atoms with van der Waals surface area (Å²) < 4.78 is 0. The number of carbonyl (C=O) groups excluding carboxylic acids is 4. The van der Waals surface area contributed by atoms with Crippen molar-refractivity contribution in [3.63, 3.8) is 0 Å². The molecule has 1 aromatic heterocycles. The summed E-state index contributed by atoms with van der Waals surface area (Å²) in [6, 6.07) is 9.69. The topological polar surface area (TPSA) is 116 Å². The number of rotatable bonds is 4. The van der Waals surface area contributed by atoms with E-state index in [1.54, 1.807) is 24.3 Å². The lowest BCUT2D eigenvalue weighted by molar-refractivity contribution is -0.139. The van der Waals surface area contributed by atoms with Crippen LogP contribution in [0, 0.1) is 0 Å². The Bertz CT molecular complexity index is 829. The van der Waals surface area contributed by atoms with Gasteiger partial charge in [-0.15, -0.1) is 11.3 Å². The van der Waals surface area contributed by atoms with E-state index in [0.717, 1.165) is 12.8 Å². The number of thiophene rings is 1. The average molecular weight is 372 g/mol. The first-order valence-corrected chi connectivity index (χ1v) is 8.77. The van der Waals surface area contributed by atoms with E-state index in [1.807, 2.05) is 5.38 Å². The maximum absolute atomic E-state index is 12.0. The molecule has 9 heteroatoms. The van der Waals surface area contributed by atoms with Gasteiger partial charge in [0, 0.05) is 17.3 Å². The Kier molecular flexibility index (Phi) is 5.28. The van der Waals surface area contributed by atoms with E-state index in [4.69, 9.17) is 0 Å². The molecule has 0 spiro atoms. The van der Waals surface area contributed by atoms with Crippen molar-refractivity contribution < 1.29 is 19.2 Å². The molecular formula is C17H16N4O4S. The summed E-state index contributed by atoms with van der Waals surface area (Å²) in [5, 5.41) is 7.04. The first-order chi connectivity index (χ1) is 12.5. The summed E-state index contributed by atoms with van der Waals surface area (Å²) in [5.41, 5.74) is 5.03. The van der Waals surface area contributed by atoms with Crippen molar-refractivity contribution in [1.29, 1.82) is 0 Å². The van der Waals surface area contributed by atoms with E-state index in [2.05, 4.69) is 21.5 Å². The number of benzene rings is 1. The Labute approximate surface area is 152 Å². The smallest absolute Gasteiger partial charge is 0.327 e. The quantitative estimate of drug-likeness (QED) is 0.474. The van der Waals surface area contributed by atoms with Crippen LogP contribution in [-0.4, -0.2) is 29.7 Å². The van der Waals surface area contributed by atoms with Gasteiger partial charge < -0.3 is 10.6 Å². The molecule has 0 unspecified atom stereocenters. The molecule has 1 aliphatic carbocycles. The molecule has 0 aliphatic heterocycles. The van der Waals surface area contributed by atoms with Gasteiger partial charge in [0.25, 0.3) is 11.8 Å². The zero-order valence-corrected chi connectivity index (χ0v) is 14.4. The van der Waals surface area contributed by atoms with Crippen molar-refractivity contribution in [3.8, 4) is 0 Å². The maximum Gasteiger partial charge on any atom is 0.327 e. The molecule has 1 aromatic carbocycles. The third-order valence-corrected chi connectivity index (χ3v) is 4.43. The second-order valence-electron chi connectivity index (χ2n) is 5.66. The van der Waals surface area contributed by atoms with E-state index >= 15 is 0 Å². The van der Waals surface area contributed by atoms with Gasteiger partial charge in [0.05, 0.1) is 4.88 Å². The number of nitrogens with one attached hydrogen (secondary N) is 4. The van der Waals surface area contributed by atoms with Crippen LogP contribution in [0.25, 0.3) is 0 Å². The van der Waals surface area contributed by atoms with E-state index in [9.17, 15) is 19.2 Å². The molecule has 1 heterocycles. The second kappa shape index (κ2) is 7.79. The second-order valence-corrected chi connectivity index (χ2v) is 6.61. The molecule has 1 aliphatic rings. The summed E-state index contributed by atoms with van der Waals surface area (Å²) in [5.74, 6) is -2.51. The predicted molar refractivity (Wildman–Crippen MR) is 95.5 cm³/mol. The van der Waals surface area contributed by atoms with E-state index in [-0.39, 0.29) is 17.5 Å². The molecule has 134 valence electrons. The van der Waals surface area contributed by atoms with Crippen molar-refractivity contribution in [2.24, 2.45) is 0 Å². The minimum Gasteiger partial charge on any atom is -0.345 e. The van der Waals surface area contributed by atoms with Crippen LogP contribution in [0.1, 0.15) is 32.9 Å². The van der Waals surface area contributed by atoms with Crippen molar-refractivity contribution in [2.45, 2.75) is 18.9 Å². The minimum atomic E-state index is -0.926. The van der Waals surface area contributed by atoms with Crippen LogP contribution < -0.4 is 21.5 Å². The molecule has 0 saturated heterocycles. The summed E-state index contributed by atoms with van der Waals surface area (Å²) in [4.78, 5) is 47.5. The molecule has 0 atom stereocenters. The minimum absolute atomic E-state index is 0.0564. The van der Waals surface area contributed by atoms with Crippen LogP contribution in [0.2, 0.25) is 0 Å². The fourth-order valence-electron chi connectivity index (χ4n) is 2.03. The molecule has 4 N–H and O–H groups in total. The van der Waals surface area contributed by atoms with Gasteiger partial charge in [0.1, 0.15) is 0 Å². The van der Waals surface area contributed by atoms with Gasteiger partial charge in [-0.25, -0.2) is 0 Å². The third-order valence-electron chi connectivity index (χ3n) is 3.56. The SMILES string of the molecule is O=C(NNC(=O)c1ccc(NC(=O)c2cccs2)cc1)C(=O)NC1CC1. The summed E-state index contributed by atoms with van der Waals surface area (Å²) in [6.45, 7) is 0. The van der Waals surface area contributed by atoms with Gasteiger partial charge in [-0.3, -0.25) is 30.0 Å². The van der Waals surface area contributed by atoms with Crippen molar-refractivity contribution in [2.75, 3.05) is 5.32 Å². The van der Waals surface area contributed by atoms with Gasteiger partial charge in [0.2, 0.25) is 0 Å². The van der Waals surface area contributed by atoms with Gasteiger partial charge in [-0.2, -0.15) is 0 Å². The number of hydrogen-bond acceptors (Lipinski definition) is 5. The third kappa shape index (κ3) is 4.67. The van der Waals surface area contributed by atoms with Gasteiger partial charge in [-0.05, 0) is 48.6 Å². The number of hydrogen-bond donors (Lipinski definition) is 4. The Morgan fingerprint density at radius 1 is 0.885 bits per heavy atom. The first-order valence-electron chi connectivity index (χ1n) is 7.89. The van der Waals surface area contributed by atoms with E-state index in [0.29, 0.717) is 10.6 Å². The number of hydrazine groups is 1.